The highest BCUT2D eigenvalue weighted by atomic mass is 16.5. The third kappa shape index (κ3) is 9.42. The number of rotatable bonds is 8. The van der Waals surface area contributed by atoms with Crippen LogP contribution in [0.5, 0.6) is 51.7 Å². The van der Waals surface area contributed by atoms with Crippen LogP contribution in [0.25, 0.3) is 0 Å². The van der Waals surface area contributed by atoms with Crippen molar-refractivity contribution in [2.45, 2.75) is 6.92 Å². The van der Waals surface area contributed by atoms with Crippen LogP contribution in [0, 0.1) is 30.6 Å². The van der Waals surface area contributed by atoms with Crippen molar-refractivity contribution in [2.24, 2.45) is 0 Å². The van der Waals surface area contributed by atoms with E-state index in [1.807, 2.05) is 153 Å². The number of ether oxygens (including phenoxy) is 4. The second-order valence-electron chi connectivity index (χ2n) is 11.8. The zero-order chi connectivity index (χ0) is 35.5. The summed E-state index contributed by atoms with van der Waals surface area (Å²) in [6.45, 7) is 2.04. The van der Waals surface area contributed by atoms with E-state index in [2.05, 4.69) is 23.7 Å². The summed E-state index contributed by atoms with van der Waals surface area (Å²) in [4.78, 5) is 0. The lowest BCUT2D eigenvalue weighted by Gasteiger charge is -2.09. The van der Waals surface area contributed by atoms with Crippen molar-refractivity contribution in [2.75, 3.05) is 0 Å². The molecule has 0 aliphatic rings. The van der Waals surface area contributed by atoms with Crippen molar-refractivity contribution in [1.82, 2.24) is 0 Å². The van der Waals surface area contributed by atoms with E-state index < -0.39 is 0 Å². The third-order valence-corrected chi connectivity index (χ3v) is 7.68. The molecule has 7 rings (SSSR count). The predicted molar refractivity (Wildman–Crippen MR) is 204 cm³/mol. The maximum absolute atomic E-state index is 9.62. The van der Waals surface area contributed by atoms with E-state index in [1.54, 1.807) is 24.3 Å². The van der Waals surface area contributed by atoms with Crippen LogP contribution >= 0.6 is 0 Å². The van der Waals surface area contributed by atoms with E-state index in [0.717, 1.165) is 39.3 Å². The highest BCUT2D eigenvalue weighted by Gasteiger charge is 2.04. The number of benzene rings is 7. The largest absolute Gasteiger partial charge is 0.508 e. The Morgan fingerprint density at radius 3 is 0.981 bits per heavy atom. The van der Waals surface area contributed by atoms with Gasteiger partial charge in [0.15, 0.2) is 0 Å². The minimum Gasteiger partial charge on any atom is -0.508 e. The van der Waals surface area contributed by atoms with Crippen molar-refractivity contribution >= 4 is 0 Å². The lowest BCUT2D eigenvalue weighted by molar-refractivity contribution is 0.455. The van der Waals surface area contributed by atoms with Crippen LogP contribution in [0.2, 0.25) is 0 Å². The molecule has 0 heterocycles. The zero-order valence-electron chi connectivity index (χ0n) is 28.2. The minimum absolute atomic E-state index is 0.156. The summed E-state index contributed by atoms with van der Waals surface area (Å²) in [5, 5.41) is 9.62. The van der Waals surface area contributed by atoms with Crippen molar-refractivity contribution in [3.63, 3.8) is 0 Å². The summed E-state index contributed by atoms with van der Waals surface area (Å²) in [6.07, 6.45) is 0. The summed E-state index contributed by atoms with van der Waals surface area (Å²) in [5.74, 6) is 18.4. The van der Waals surface area contributed by atoms with Gasteiger partial charge in [-0.2, -0.15) is 0 Å². The quantitative estimate of drug-likeness (QED) is 0.162. The maximum atomic E-state index is 9.62. The van der Waals surface area contributed by atoms with Crippen molar-refractivity contribution in [3.8, 4) is 75.4 Å². The fourth-order valence-electron chi connectivity index (χ4n) is 5.09. The Kier molecular flexibility index (Phi) is 10.2. The topological polar surface area (TPSA) is 57.2 Å². The van der Waals surface area contributed by atoms with Gasteiger partial charge in [-0.05, 0) is 146 Å². The molecule has 52 heavy (non-hydrogen) atoms. The molecule has 0 radical (unpaired) electrons. The van der Waals surface area contributed by atoms with Crippen LogP contribution in [-0.2, 0) is 0 Å². The fraction of sp³-hybridized carbons (Fsp3) is 0.0213. The molecule has 250 valence electrons. The Bertz CT molecular complexity index is 2240. The molecule has 5 nitrogen and oxygen atoms in total. The summed E-state index contributed by atoms with van der Waals surface area (Å²) >= 11 is 0. The molecule has 1 N–H and O–H groups in total. The second-order valence-corrected chi connectivity index (χ2v) is 11.8. The SMILES string of the molecule is Cc1cccc(Oc2ccc(C#Cc3ccc(Oc4cccc(Oc5ccc(C#Cc6ccc(Oc7cccc(O)c7)cc6)cc5)c4)cc3)cc2)c1. The Morgan fingerprint density at radius 2 is 0.635 bits per heavy atom. The number of aromatic hydroxyl groups is 1. The normalized spacial score (nSPS) is 10.2. The van der Waals surface area contributed by atoms with E-state index in [-0.39, 0.29) is 5.75 Å². The molecule has 7 aromatic carbocycles. The van der Waals surface area contributed by atoms with Crippen LogP contribution in [0.3, 0.4) is 0 Å². The van der Waals surface area contributed by atoms with Gasteiger partial charge >= 0.3 is 0 Å². The number of hydrogen-bond acceptors (Lipinski definition) is 5. The first kappa shape index (κ1) is 33.2. The second kappa shape index (κ2) is 15.9. The van der Waals surface area contributed by atoms with E-state index in [1.165, 1.54) is 0 Å². The van der Waals surface area contributed by atoms with Crippen molar-refractivity contribution < 1.29 is 24.1 Å². The van der Waals surface area contributed by atoms with Crippen LogP contribution in [-0.4, -0.2) is 5.11 Å². The summed E-state index contributed by atoms with van der Waals surface area (Å²) < 4.78 is 23.9. The van der Waals surface area contributed by atoms with E-state index in [9.17, 15) is 5.11 Å². The first-order valence-electron chi connectivity index (χ1n) is 16.6. The number of phenols is 1. The van der Waals surface area contributed by atoms with Crippen LogP contribution in [0.1, 0.15) is 27.8 Å². The molecule has 0 spiro atoms. The molecule has 0 saturated carbocycles. The van der Waals surface area contributed by atoms with Gasteiger partial charge in [-0.25, -0.2) is 0 Å². The standard InChI is InChI=1S/C47H32O5/c1-34-5-2-7-44(31-34)49-40-23-15-35(16-24-40)11-13-37-19-27-42(28-20-37)51-46-9-4-10-47(33-46)52-43-29-21-38(22-30-43)14-12-36-17-25-41(26-18-36)50-45-8-3-6-39(48)32-45/h2-10,15-33,48H,1H3. The third-order valence-electron chi connectivity index (χ3n) is 7.68. The van der Waals surface area contributed by atoms with Gasteiger partial charge in [0.2, 0.25) is 0 Å². The molecule has 0 unspecified atom stereocenters. The van der Waals surface area contributed by atoms with Crippen LogP contribution in [0.4, 0.5) is 0 Å². The lowest BCUT2D eigenvalue weighted by atomic mass is 10.1. The van der Waals surface area contributed by atoms with E-state index >= 15 is 0 Å². The number of aryl methyl sites for hydroxylation is 1. The number of hydrogen-bond donors (Lipinski definition) is 1. The Labute approximate surface area is 303 Å². The smallest absolute Gasteiger partial charge is 0.131 e. The molecular weight excluding hydrogens is 645 g/mol. The van der Waals surface area contributed by atoms with Gasteiger partial charge in [0.25, 0.3) is 0 Å². The minimum atomic E-state index is 0.156. The first-order chi connectivity index (χ1) is 25.5. The maximum Gasteiger partial charge on any atom is 0.131 e. The molecule has 0 atom stereocenters. The monoisotopic (exact) mass is 676 g/mol. The van der Waals surface area contributed by atoms with Crippen LogP contribution in [0.15, 0.2) is 170 Å². The first-order valence-corrected chi connectivity index (χ1v) is 16.6. The summed E-state index contributed by atoms with van der Waals surface area (Å²) in [5.41, 5.74) is 4.65. The molecule has 0 fully saturated rings. The Morgan fingerprint density at radius 1 is 0.327 bits per heavy atom. The average molecular weight is 677 g/mol. The van der Waals surface area contributed by atoms with Gasteiger partial charge in [-0.15, -0.1) is 0 Å². The molecule has 0 aromatic heterocycles. The molecule has 0 amide bonds. The van der Waals surface area contributed by atoms with Gasteiger partial charge in [0.05, 0.1) is 0 Å². The molecule has 0 aliphatic heterocycles. The summed E-state index contributed by atoms with van der Waals surface area (Å²) in [6, 6.07) is 52.7. The molecule has 0 aliphatic carbocycles. The Balaban J connectivity index is 0.907. The molecule has 7 aromatic rings. The zero-order valence-corrected chi connectivity index (χ0v) is 28.2. The Hall–Kier alpha value is -7.34. The average Bonchev–Trinajstić information content (AvgIpc) is 3.16. The molecular formula is C47H32O5. The fourth-order valence-corrected chi connectivity index (χ4v) is 5.09. The van der Waals surface area contributed by atoms with E-state index in [4.69, 9.17) is 18.9 Å². The van der Waals surface area contributed by atoms with E-state index in [0.29, 0.717) is 34.5 Å². The molecule has 0 bridgehead atoms. The van der Waals surface area contributed by atoms with Crippen LogP contribution < -0.4 is 18.9 Å². The highest BCUT2D eigenvalue weighted by molar-refractivity contribution is 5.49. The van der Waals surface area contributed by atoms with Gasteiger partial charge in [0.1, 0.15) is 51.7 Å². The van der Waals surface area contributed by atoms with Gasteiger partial charge < -0.3 is 24.1 Å². The highest BCUT2D eigenvalue weighted by Crippen LogP contribution is 2.29. The predicted octanol–water partition coefficient (Wildman–Crippen LogP) is 11.7. The molecule has 0 saturated heterocycles. The van der Waals surface area contributed by atoms with Gasteiger partial charge in [-0.1, -0.05) is 47.9 Å². The van der Waals surface area contributed by atoms with Crippen molar-refractivity contribution in [3.05, 3.63) is 198 Å². The van der Waals surface area contributed by atoms with Gasteiger partial charge in [0, 0.05) is 34.4 Å². The summed E-state index contributed by atoms with van der Waals surface area (Å²) in [7, 11) is 0. The van der Waals surface area contributed by atoms with Crippen molar-refractivity contribution in [1.29, 1.82) is 0 Å². The lowest BCUT2D eigenvalue weighted by Crippen LogP contribution is -1.88. The molecule has 5 heteroatoms. The number of phenolic OH excluding ortho intramolecular Hbond substituents is 1. The van der Waals surface area contributed by atoms with Gasteiger partial charge in [-0.3, -0.25) is 0 Å².